The number of aryl methyl sites for hydroxylation is 1. The van der Waals surface area contributed by atoms with Crippen LogP contribution in [0, 0.1) is 0 Å². The first-order valence-corrected chi connectivity index (χ1v) is 13.5. The number of thioether (sulfide) groups is 1. The Kier molecular flexibility index (Phi) is 7.76. The molecule has 2 atom stereocenters. The maximum atomic E-state index is 13.3. The van der Waals surface area contributed by atoms with Gasteiger partial charge in [-0.15, -0.1) is 0 Å². The first-order chi connectivity index (χ1) is 18.1. The number of rotatable bonds is 8. The Morgan fingerprint density at radius 3 is 2.70 bits per heavy atom. The molecule has 37 heavy (non-hydrogen) atoms. The van der Waals surface area contributed by atoms with Gasteiger partial charge in [-0.05, 0) is 48.3 Å². The normalized spacial score (nSPS) is 20.5. The van der Waals surface area contributed by atoms with Crippen LogP contribution in [0.3, 0.4) is 0 Å². The highest BCUT2D eigenvalue weighted by Crippen LogP contribution is 2.45. The van der Waals surface area contributed by atoms with E-state index in [0.717, 1.165) is 35.7 Å². The smallest absolute Gasteiger partial charge is 0.338 e. The minimum atomic E-state index is -0.437. The van der Waals surface area contributed by atoms with Gasteiger partial charge in [0.2, 0.25) is 5.91 Å². The lowest BCUT2D eigenvalue weighted by Gasteiger charge is -2.36. The predicted molar refractivity (Wildman–Crippen MR) is 145 cm³/mol. The molecular formula is C29H31N3O4S. The first kappa shape index (κ1) is 25.3. The third-order valence-electron chi connectivity index (χ3n) is 6.90. The molecule has 2 aromatic rings. The zero-order valence-corrected chi connectivity index (χ0v) is 21.9. The van der Waals surface area contributed by atoms with Crippen LogP contribution in [0.2, 0.25) is 0 Å². The SMILES string of the molecule is COCCOC(=O)C1=C(C)N=C2SC=C(CC(=O)N[C@H]3CCCc4ccccc43)N2[C@H]1c1ccccc1. The standard InChI is InChI=1S/C29H31N3O4S/c1-19-26(28(34)36-16-15-35-2)27(21-10-4-3-5-11-21)32-22(18-37-29(32)30-19)17-25(33)31-24-14-8-12-20-9-6-7-13-23(20)24/h3-7,9-11,13,18,24,27H,8,12,14-17H2,1-2H3,(H,31,33)/t24-,27-/m0/s1. The molecule has 2 aromatic carbocycles. The minimum Gasteiger partial charge on any atom is -0.460 e. The summed E-state index contributed by atoms with van der Waals surface area (Å²) in [4.78, 5) is 33.3. The number of esters is 1. The number of hydrogen-bond donors (Lipinski definition) is 1. The summed E-state index contributed by atoms with van der Waals surface area (Å²) in [6.45, 7) is 2.31. The van der Waals surface area contributed by atoms with Crippen LogP contribution >= 0.6 is 11.8 Å². The zero-order valence-electron chi connectivity index (χ0n) is 21.1. The van der Waals surface area contributed by atoms with Gasteiger partial charge < -0.3 is 19.7 Å². The Balaban J connectivity index is 1.39. The molecule has 1 N–H and O–H groups in total. The molecule has 1 amide bonds. The van der Waals surface area contributed by atoms with Gasteiger partial charge in [0.05, 0.1) is 36.4 Å². The molecule has 0 bridgehead atoms. The molecule has 8 heteroatoms. The fraction of sp³-hybridized carbons (Fsp3) is 0.345. The second kappa shape index (κ2) is 11.4. The average molecular weight is 518 g/mol. The number of aliphatic imine (C=N–C) groups is 1. The van der Waals surface area contributed by atoms with Crippen molar-refractivity contribution in [2.45, 2.75) is 44.7 Å². The summed E-state index contributed by atoms with van der Waals surface area (Å²) < 4.78 is 10.6. The fourth-order valence-corrected chi connectivity index (χ4v) is 6.15. The lowest BCUT2D eigenvalue weighted by molar-refractivity contribution is -0.141. The molecule has 2 heterocycles. The summed E-state index contributed by atoms with van der Waals surface area (Å²) >= 11 is 1.48. The van der Waals surface area contributed by atoms with Crippen LogP contribution in [0.25, 0.3) is 0 Å². The number of fused-ring (bicyclic) bond motifs is 2. The molecule has 2 aliphatic heterocycles. The van der Waals surface area contributed by atoms with Crippen molar-refractivity contribution in [1.82, 2.24) is 10.2 Å². The Morgan fingerprint density at radius 1 is 1.11 bits per heavy atom. The Bertz CT molecular complexity index is 1270. The summed E-state index contributed by atoms with van der Waals surface area (Å²) in [6.07, 6.45) is 3.22. The number of carbonyl (C=O) groups is 2. The van der Waals surface area contributed by atoms with Gasteiger partial charge in [0.25, 0.3) is 0 Å². The summed E-state index contributed by atoms with van der Waals surface area (Å²) in [6, 6.07) is 17.7. The molecule has 0 fully saturated rings. The zero-order chi connectivity index (χ0) is 25.8. The quantitative estimate of drug-likeness (QED) is 0.391. The Morgan fingerprint density at radius 2 is 1.89 bits per heavy atom. The Hall–Kier alpha value is -3.36. The van der Waals surface area contributed by atoms with Gasteiger partial charge in [0.15, 0.2) is 5.17 Å². The predicted octanol–water partition coefficient (Wildman–Crippen LogP) is 5.04. The highest BCUT2D eigenvalue weighted by molar-refractivity contribution is 8.16. The summed E-state index contributed by atoms with van der Waals surface area (Å²) in [5.41, 5.74) is 5.35. The van der Waals surface area contributed by atoms with E-state index in [0.29, 0.717) is 17.9 Å². The number of nitrogens with one attached hydrogen (secondary N) is 1. The molecule has 192 valence electrons. The van der Waals surface area contributed by atoms with Crippen molar-refractivity contribution in [2.24, 2.45) is 4.99 Å². The number of amidine groups is 1. The third kappa shape index (κ3) is 5.36. The number of amides is 1. The van der Waals surface area contributed by atoms with Gasteiger partial charge in [0.1, 0.15) is 6.61 Å². The molecule has 1 aliphatic carbocycles. The van der Waals surface area contributed by atoms with Gasteiger partial charge in [-0.25, -0.2) is 9.79 Å². The van der Waals surface area contributed by atoms with Gasteiger partial charge >= 0.3 is 5.97 Å². The van der Waals surface area contributed by atoms with Crippen LogP contribution in [-0.2, 0) is 25.5 Å². The van der Waals surface area contributed by atoms with Crippen molar-refractivity contribution in [1.29, 1.82) is 0 Å². The van der Waals surface area contributed by atoms with Gasteiger partial charge in [-0.1, -0.05) is 66.4 Å². The van der Waals surface area contributed by atoms with Gasteiger partial charge in [0, 0.05) is 12.8 Å². The number of ether oxygens (including phenoxy) is 2. The van der Waals surface area contributed by atoms with E-state index in [1.165, 1.54) is 22.9 Å². The first-order valence-electron chi connectivity index (χ1n) is 12.6. The minimum absolute atomic E-state index is 0.0139. The van der Waals surface area contributed by atoms with Crippen LogP contribution in [0.1, 0.15) is 55.0 Å². The number of allylic oxidation sites excluding steroid dienone is 1. The molecule has 0 aromatic heterocycles. The lowest BCUT2D eigenvalue weighted by Crippen LogP contribution is -2.38. The highest BCUT2D eigenvalue weighted by atomic mass is 32.2. The van der Waals surface area contributed by atoms with Crippen molar-refractivity contribution in [3.05, 3.63) is 93.7 Å². The van der Waals surface area contributed by atoms with Crippen molar-refractivity contribution in [2.75, 3.05) is 20.3 Å². The third-order valence-corrected chi connectivity index (χ3v) is 7.79. The summed E-state index contributed by atoms with van der Waals surface area (Å²) in [5.74, 6) is -0.470. The second-order valence-corrected chi connectivity index (χ2v) is 10.2. The molecular weight excluding hydrogens is 486 g/mol. The van der Waals surface area contributed by atoms with Crippen LogP contribution in [0.15, 0.2) is 82.0 Å². The van der Waals surface area contributed by atoms with Crippen LogP contribution in [0.5, 0.6) is 0 Å². The average Bonchev–Trinajstić information content (AvgIpc) is 3.30. The molecule has 0 saturated carbocycles. The maximum Gasteiger partial charge on any atom is 0.338 e. The number of nitrogens with zero attached hydrogens (tertiary/aromatic N) is 2. The van der Waals surface area contributed by atoms with E-state index in [9.17, 15) is 9.59 Å². The van der Waals surface area contributed by atoms with E-state index in [4.69, 9.17) is 14.5 Å². The van der Waals surface area contributed by atoms with E-state index in [-0.39, 0.29) is 25.0 Å². The number of hydrogen-bond acceptors (Lipinski definition) is 7. The van der Waals surface area contributed by atoms with E-state index >= 15 is 0 Å². The number of carbonyl (C=O) groups excluding carboxylic acids is 2. The van der Waals surface area contributed by atoms with Gasteiger partial charge in [-0.2, -0.15) is 0 Å². The van der Waals surface area contributed by atoms with Crippen molar-refractivity contribution in [3.8, 4) is 0 Å². The topological polar surface area (TPSA) is 80.2 Å². The van der Waals surface area contributed by atoms with Crippen molar-refractivity contribution >= 4 is 28.8 Å². The second-order valence-electron chi connectivity index (χ2n) is 9.32. The molecule has 0 saturated heterocycles. The Labute approximate surface area is 221 Å². The van der Waals surface area contributed by atoms with E-state index in [1.54, 1.807) is 7.11 Å². The molecule has 0 unspecified atom stereocenters. The molecule has 0 radical (unpaired) electrons. The van der Waals surface area contributed by atoms with Crippen LogP contribution in [0.4, 0.5) is 0 Å². The van der Waals surface area contributed by atoms with E-state index < -0.39 is 12.0 Å². The van der Waals surface area contributed by atoms with Crippen LogP contribution < -0.4 is 5.32 Å². The van der Waals surface area contributed by atoms with E-state index in [1.807, 2.05) is 53.6 Å². The summed E-state index contributed by atoms with van der Waals surface area (Å²) in [5, 5.41) is 5.98. The number of benzene rings is 2. The molecule has 3 aliphatic rings. The molecule has 5 rings (SSSR count). The van der Waals surface area contributed by atoms with Gasteiger partial charge in [-0.3, -0.25) is 4.79 Å². The monoisotopic (exact) mass is 517 g/mol. The fourth-order valence-electron chi connectivity index (χ4n) is 5.19. The van der Waals surface area contributed by atoms with E-state index in [2.05, 4.69) is 23.5 Å². The highest BCUT2D eigenvalue weighted by Gasteiger charge is 2.41. The largest absolute Gasteiger partial charge is 0.460 e. The summed E-state index contributed by atoms with van der Waals surface area (Å²) in [7, 11) is 1.57. The van der Waals surface area contributed by atoms with Crippen LogP contribution in [-0.4, -0.2) is 42.3 Å². The lowest BCUT2D eigenvalue weighted by atomic mass is 9.87. The molecule has 0 spiro atoms. The molecule has 7 nitrogen and oxygen atoms in total. The maximum absolute atomic E-state index is 13.3. The van der Waals surface area contributed by atoms with Crippen molar-refractivity contribution in [3.63, 3.8) is 0 Å². The van der Waals surface area contributed by atoms with Crippen molar-refractivity contribution < 1.29 is 19.1 Å². The number of methoxy groups -OCH3 is 1.